The van der Waals surface area contributed by atoms with Crippen molar-refractivity contribution in [2.24, 2.45) is 0 Å². The molecule has 2 aromatic heterocycles. The fourth-order valence-electron chi connectivity index (χ4n) is 1.43. The molecule has 6 heteroatoms. The summed E-state index contributed by atoms with van der Waals surface area (Å²) in [5.41, 5.74) is 2.45. The van der Waals surface area contributed by atoms with Gasteiger partial charge in [-0.1, -0.05) is 0 Å². The molecule has 0 spiro atoms. The second-order valence-electron chi connectivity index (χ2n) is 3.90. The fourth-order valence-corrected chi connectivity index (χ4v) is 1.98. The SMILES string of the molecule is Cc1cc(C(=O)NCc2nc(C)c(C)[nH]2)ns1. The second-order valence-corrected chi connectivity index (χ2v) is 4.91. The van der Waals surface area contributed by atoms with Crippen molar-refractivity contribution >= 4 is 17.4 Å². The lowest BCUT2D eigenvalue weighted by atomic mass is 10.3. The van der Waals surface area contributed by atoms with Gasteiger partial charge in [0.1, 0.15) is 11.5 Å². The van der Waals surface area contributed by atoms with Crippen LogP contribution in [0.1, 0.15) is 32.6 Å². The van der Waals surface area contributed by atoms with Crippen LogP contribution < -0.4 is 5.32 Å². The van der Waals surface area contributed by atoms with Crippen molar-refractivity contribution in [2.75, 3.05) is 0 Å². The summed E-state index contributed by atoms with van der Waals surface area (Å²) in [6, 6.07) is 1.78. The standard InChI is InChI=1S/C11H14N4OS/c1-6-4-9(15-17-6)11(16)12-5-10-13-7(2)8(3)14-10/h4H,5H2,1-3H3,(H,12,16)(H,13,14). The summed E-state index contributed by atoms with van der Waals surface area (Å²) >= 11 is 1.33. The van der Waals surface area contributed by atoms with Crippen LogP contribution in [-0.2, 0) is 6.54 Å². The Kier molecular flexibility index (Phi) is 3.23. The van der Waals surface area contributed by atoms with Gasteiger partial charge in [-0.05, 0) is 38.4 Å². The molecule has 0 fully saturated rings. The van der Waals surface area contributed by atoms with Gasteiger partial charge in [0.05, 0.1) is 12.2 Å². The molecule has 0 aliphatic carbocycles. The van der Waals surface area contributed by atoms with E-state index in [1.54, 1.807) is 6.07 Å². The summed E-state index contributed by atoms with van der Waals surface area (Å²) in [6.07, 6.45) is 0. The molecule has 0 atom stereocenters. The zero-order valence-corrected chi connectivity index (χ0v) is 10.8. The van der Waals surface area contributed by atoms with Crippen molar-refractivity contribution in [1.82, 2.24) is 19.7 Å². The number of aromatic nitrogens is 3. The highest BCUT2D eigenvalue weighted by Gasteiger charge is 2.10. The van der Waals surface area contributed by atoms with Gasteiger partial charge in [0, 0.05) is 10.6 Å². The van der Waals surface area contributed by atoms with E-state index in [0.717, 1.165) is 22.1 Å². The average Bonchev–Trinajstić information content (AvgIpc) is 2.83. The summed E-state index contributed by atoms with van der Waals surface area (Å²) in [5, 5.41) is 2.78. The monoisotopic (exact) mass is 250 g/mol. The predicted octanol–water partition coefficient (Wildman–Crippen LogP) is 1.72. The first-order valence-corrected chi connectivity index (χ1v) is 6.07. The van der Waals surface area contributed by atoms with E-state index in [-0.39, 0.29) is 5.91 Å². The Morgan fingerprint density at radius 1 is 1.47 bits per heavy atom. The van der Waals surface area contributed by atoms with E-state index in [2.05, 4.69) is 19.7 Å². The van der Waals surface area contributed by atoms with E-state index in [1.807, 2.05) is 20.8 Å². The minimum Gasteiger partial charge on any atom is -0.344 e. The van der Waals surface area contributed by atoms with Crippen LogP contribution in [0.25, 0.3) is 0 Å². The van der Waals surface area contributed by atoms with E-state index in [4.69, 9.17) is 0 Å². The lowest BCUT2D eigenvalue weighted by molar-refractivity contribution is 0.0946. The van der Waals surface area contributed by atoms with Gasteiger partial charge < -0.3 is 10.3 Å². The third-order valence-electron chi connectivity index (χ3n) is 2.45. The molecule has 2 N–H and O–H groups in total. The number of aryl methyl sites for hydroxylation is 3. The van der Waals surface area contributed by atoms with Crippen molar-refractivity contribution in [3.8, 4) is 0 Å². The number of H-pyrrole nitrogens is 1. The van der Waals surface area contributed by atoms with E-state index in [9.17, 15) is 4.79 Å². The van der Waals surface area contributed by atoms with E-state index in [1.165, 1.54) is 11.5 Å². The molecule has 5 nitrogen and oxygen atoms in total. The molecule has 90 valence electrons. The normalized spacial score (nSPS) is 10.5. The maximum absolute atomic E-state index is 11.7. The average molecular weight is 250 g/mol. The molecule has 0 unspecified atom stereocenters. The largest absolute Gasteiger partial charge is 0.344 e. The zero-order chi connectivity index (χ0) is 12.4. The summed E-state index contributed by atoms with van der Waals surface area (Å²) < 4.78 is 4.05. The minimum atomic E-state index is -0.166. The Labute approximate surface area is 103 Å². The lowest BCUT2D eigenvalue weighted by Gasteiger charge is -1.99. The van der Waals surface area contributed by atoms with Gasteiger partial charge in [-0.3, -0.25) is 4.79 Å². The van der Waals surface area contributed by atoms with Crippen LogP contribution >= 0.6 is 11.5 Å². The molecule has 1 amide bonds. The van der Waals surface area contributed by atoms with Crippen LogP contribution in [0.15, 0.2) is 6.07 Å². The van der Waals surface area contributed by atoms with E-state index in [0.29, 0.717) is 12.2 Å². The van der Waals surface area contributed by atoms with Crippen molar-refractivity contribution in [2.45, 2.75) is 27.3 Å². The van der Waals surface area contributed by atoms with Crippen LogP contribution in [0.5, 0.6) is 0 Å². The van der Waals surface area contributed by atoms with Gasteiger partial charge in [0.25, 0.3) is 5.91 Å². The number of nitrogens with one attached hydrogen (secondary N) is 2. The molecule has 0 bridgehead atoms. The Balaban J connectivity index is 1.96. The maximum Gasteiger partial charge on any atom is 0.271 e. The van der Waals surface area contributed by atoms with Crippen LogP contribution in [0, 0.1) is 20.8 Å². The summed E-state index contributed by atoms with van der Waals surface area (Å²) in [6.45, 7) is 6.20. The van der Waals surface area contributed by atoms with Gasteiger partial charge >= 0.3 is 0 Å². The molecule has 0 aliphatic heterocycles. The first kappa shape index (κ1) is 11.8. The quantitative estimate of drug-likeness (QED) is 0.871. The van der Waals surface area contributed by atoms with Crippen molar-refractivity contribution in [3.05, 3.63) is 33.8 Å². The second kappa shape index (κ2) is 4.67. The first-order chi connectivity index (χ1) is 8.06. The Morgan fingerprint density at radius 3 is 2.76 bits per heavy atom. The number of hydrogen-bond donors (Lipinski definition) is 2. The number of hydrogen-bond acceptors (Lipinski definition) is 4. The molecule has 2 aromatic rings. The molecule has 0 radical (unpaired) electrons. The number of amides is 1. The predicted molar refractivity (Wildman–Crippen MR) is 66.1 cm³/mol. The first-order valence-electron chi connectivity index (χ1n) is 5.30. The van der Waals surface area contributed by atoms with Gasteiger partial charge in [0.2, 0.25) is 0 Å². The minimum absolute atomic E-state index is 0.166. The van der Waals surface area contributed by atoms with E-state index >= 15 is 0 Å². The highest BCUT2D eigenvalue weighted by atomic mass is 32.1. The molecular formula is C11H14N4OS. The number of carbonyl (C=O) groups excluding carboxylic acids is 1. The van der Waals surface area contributed by atoms with Crippen LogP contribution in [0.2, 0.25) is 0 Å². The van der Waals surface area contributed by atoms with Gasteiger partial charge in [-0.15, -0.1) is 0 Å². The number of imidazole rings is 1. The molecule has 0 aromatic carbocycles. The summed E-state index contributed by atoms with van der Waals surface area (Å²) in [4.78, 5) is 20.1. The van der Waals surface area contributed by atoms with Crippen LogP contribution in [0.3, 0.4) is 0 Å². The molecule has 0 saturated carbocycles. The molecular weight excluding hydrogens is 236 g/mol. The Hall–Kier alpha value is -1.69. The lowest BCUT2D eigenvalue weighted by Crippen LogP contribution is -2.23. The van der Waals surface area contributed by atoms with Gasteiger partial charge in [-0.2, -0.15) is 4.37 Å². The third-order valence-corrected chi connectivity index (χ3v) is 3.15. The Bertz CT molecular complexity index is 524. The summed E-state index contributed by atoms with van der Waals surface area (Å²) in [5.74, 6) is 0.598. The zero-order valence-electron chi connectivity index (χ0n) is 10.00. The van der Waals surface area contributed by atoms with Gasteiger partial charge in [-0.25, -0.2) is 4.98 Å². The smallest absolute Gasteiger partial charge is 0.271 e. The molecule has 2 heterocycles. The number of carbonyl (C=O) groups is 1. The fraction of sp³-hybridized carbons (Fsp3) is 0.364. The molecule has 0 aliphatic rings. The van der Waals surface area contributed by atoms with Crippen LogP contribution in [-0.4, -0.2) is 20.2 Å². The molecule has 0 saturated heterocycles. The molecule has 17 heavy (non-hydrogen) atoms. The summed E-state index contributed by atoms with van der Waals surface area (Å²) in [7, 11) is 0. The van der Waals surface area contributed by atoms with Crippen molar-refractivity contribution in [1.29, 1.82) is 0 Å². The van der Waals surface area contributed by atoms with Crippen LogP contribution in [0.4, 0.5) is 0 Å². The topological polar surface area (TPSA) is 70.7 Å². The van der Waals surface area contributed by atoms with Crippen molar-refractivity contribution in [3.63, 3.8) is 0 Å². The highest BCUT2D eigenvalue weighted by Crippen LogP contribution is 2.08. The number of rotatable bonds is 3. The Morgan fingerprint density at radius 2 is 2.24 bits per heavy atom. The van der Waals surface area contributed by atoms with E-state index < -0.39 is 0 Å². The number of aromatic amines is 1. The number of nitrogens with zero attached hydrogens (tertiary/aromatic N) is 2. The van der Waals surface area contributed by atoms with Gasteiger partial charge in [0.15, 0.2) is 0 Å². The van der Waals surface area contributed by atoms with Crippen molar-refractivity contribution < 1.29 is 4.79 Å². The maximum atomic E-state index is 11.7. The third kappa shape index (κ3) is 2.71. The highest BCUT2D eigenvalue weighted by molar-refractivity contribution is 7.05. The molecule has 2 rings (SSSR count).